The summed E-state index contributed by atoms with van der Waals surface area (Å²) in [6.07, 6.45) is 3.40. The second-order valence-electron chi connectivity index (χ2n) is 7.90. The van der Waals surface area contributed by atoms with Gasteiger partial charge in [0.25, 0.3) is 0 Å². The number of benzene rings is 2. The molecular formula is C25H27N3O3. The summed E-state index contributed by atoms with van der Waals surface area (Å²) >= 11 is 0. The topological polar surface area (TPSA) is 65.4 Å². The van der Waals surface area contributed by atoms with Gasteiger partial charge in [-0.05, 0) is 57.0 Å². The van der Waals surface area contributed by atoms with Gasteiger partial charge in [0, 0.05) is 17.3 Å². The summed E-state index contributed by atoms with van der Waals surface area (Å²) in [7, 11) is 0. The van der Waals surface area contributed by atoms with Crippen LogP contribution in [0.1, 0.15) is 46.6 Å². The Hall–Kier alpha value is -3.54. The molecule has 0 saturated heterocycles. The molecule has 31 heavy (non-hydrogen) atoms. The summed E-state index contributed by atoms with van der Waals surface area (Å²) < 4.78 is 12.7. The first-order valence-corrected chi connectivity index (χ1v) is 10.4. The number of nitrogens with zero attached hydrogens (tertiary/aromatic N) is 2. The zero-order valence-electron chi connectivity index (χ0n) is 18.3. The van der Waals surface area contributed by atoms with Gasteiger partial charge in [0.2, 0.25) is 12.7 Å². The maximum atomic E-state index is 12.5. The summed E-state index contributed by atoms with van der Waals surface area (Å²) in [6.45, 7) is 8.95. The van der Waals surface area contributed by atoms with Crippen molar-refractivity contribution in [2.75, 3.05) is 6.79 Å². The number of rotatable bonds is 6. The van der Waals surface area contributed by atoms with Crippen molar-refractivity contribution in [2.24, 2.45) is 0 Å². The van der Waals surface area contributed by atoms with Crippen LogP contribution in [0.25, 0.3) is 6.08 Å². The molecule has 160 valence electrons. The fraction of sp³-hybridized carbons (Fsp3) is 0.280. The standard InChI is InChI=1S/C25H27N3O3/c1-16-5-7-20(8-6-16)14-28-19(4)22(18(3)27-28)10-12-25(29)26-17(2)21-9-11-23-24(13-21)31-15-30-23/h5-13,17H,14-15H2,1-4H3,(H,26,29)/b12-10+. The highest BCUT2D eigenvalue weighted by Gasteiger charge is 2.16. The number of ether oxygens (including phenoxy) is 2. The highest BCUT2D eigenvalue weighted by Crippen LogP contribution is 2.34. The average molecular weight is 418 g/mol. The van der Waals surface area contributed by atoms with E-state index in [1.54, 1.807) is 6.08 Å². The van der Waals surface area contributed by atoms with Crippen LogP contribution < -0.4 is 14.8 Å². The maximum Gasteiger partial charge on any atom is 0.244 e. The van der Waals surface area contributed by atoms with Gasteiger partial charge in [-0.2, -0.15) is 5.10 Å². The number of aromatic nitrogens is 2. The molecule has 6 nitrogen and oxygen atoms in total. The van der Waals surface area contributed by atoms with Gasteiger partial charge in [0.05, 0.1) is 18.3 Å². The van der Waals surface area contributed by atoms with Gasteiger partial charge in [-0.3, -0.25) is 9.48 Å². The fourth-order valence-corrected chi connectivity index (χ4v) is 3.66. The number of hydrogen-bond acceptors (Lipinski definition) is 4. The van der Waals surface area contributed by atoms with Gasteiger partial charge in [-0.15, -0.1) is 0 Å². The van der Waals surface area contributed by atoms with Crippen molar-refractivity contribution in [1.82, 2.24) is 15.1 Å². The van der Waals surface area contributed by atoms with Gasteiger partial charge in [0.1, 0.15) is 0 Å². The van der Waals surface area contributed by atoms with Gasteiger partial charge in [-0.25, -0.2) is 0 Å². The highest BCUT2D eigenvalue weighted by molar-refractivity contribution is 5.92. The minimum atomic E-state index is -0.157. The number of fused-ring (bicyclic) bond motifs is 1. The van der Waals surface area contributed by atoms with Crippen LogP contribution >= 0.6 is 0 Å². The molecule has 1 N–H and O–H groups in total. The third kappa shape index (κ3) is 4.63. The first-order valence-electron chi connectivity index (χ1n) is 10.4. The molecule has 1 atom stereocenters. The van der Waals surface area contributed by atoms with Crippen LogP contribution in [0.15, 0.2) is 48.5 Å². The Morgan fingerprint density at radius 3 is 2.65 bits per heavy atom. The Kier molecular flexibility index (Phi) is 5.80. The number of aryl methyl sites for hydroxylation is 2. The monoisotopic (exact) mass is 417 g/mol. The van der Waals surface area contributed by atoms with Crippen molar-refractivity contribution in [3.05, 3.63) is 82.2 Å². The highest BCUT2D eigenvalue weighted by atomic mass is 16.7. The number of carbonyl (C=O) groups excluding carboxylic acids is 1. The molecule has 2 heterocycles. The summed E-state index contributed by atoms with van der Waals surface area (Å²) in [5.74, 6) is 1.28. The average Bonchev–Trinajstić information content (AvgIpc) is 3.32. The lowest BCUT2D eigenvalue weighted by molar-refractivity contribution is -0.117. The van der Waals surface area contributed by atoms with E-state index in [0.717, 1.165) is 28.3 Å². The third-order valence-corrected chi connectivity index (χ3v) is 5.55. The third-order valence-electron chi connectivity index (χ3n) is 5.55. The number of hydrogen-bond donors (Lipinski definition) is 1. The lowest BCUT2D eigenvalue weighted by atomic mass is 10.1. The van der Waals surface area contributed by atoms with E-state index in [1.807, 2.05) is 49.7 Å². The minimum absolute atomic E-state index is 0.155. The van der Waals surface area contributed by atoms with Crippen molar-refractivity contribution in [3.8, 4) is 11.5 Å². The van der Waals surface area contributed by atoms with Crippen LogP contribution in [-0.2, 0) is 11.3 Å². The fourth-order valence-electron chi connectivity index (χ4n) is 3.66. The molecule has 0 aliphatic carbocycles. The Bertz CT molecular complexity index is 1130. The molecule has 3 aromatic rings. The summed E-state index contributed by atoms with van der Waals surface area (Å²) in [5, 5.41) is 7.65. The summed E-state index contributed by atoms with van der Waals surface area (Å²) in [4.78, 5) is 12.5. The second kappa shape index (κ2) is 8.68. The van der Waals surface area contributed by atoms with Crippen molar-refractivity contribution < 1.29 is 14.3 Å². The molecule has 2 aromatic carbocycles. The van der Waals surface area contributed by atoms with Crippen LogP contribution in [-0.4, -0.2) is 22.5 Å². The van der Waals surface area contributed by atoms with Gasteiger partial charge < -0.3 is 14.8 Å². The molecule has 1 aromatic heterocycles. The Morgan fingerprint density at radius 2 is 1.87 bits per heavy atom. The van der Waals surface area contributed by atoms with Crippen molar-refractivity contribution in [2.45, 2.75) is 40.3 Å². The lowest BCUT2D eigenvalue weighted by Gasteiger charge is -2.13. The zero-order valence-corrected chi connectivity index (χ0v) is 18.3. The predicted molar refractivity (Wildman–Crippen MR) is 120 cm³/mol. The molecule has 0 radical (unpaired) electrons. The molecule has 1 amide bonds. The van der Waals surface area contributed by atoms with Gasteiger partial charge in [-0.1, -0.05) is 35.9 Å². The minimum Gasteiger partial charge on any atom is -0.454 e. The molecule has 0 bridgehead atoms. The molecule has 1 aliphatic heterocycles. The van der Waals surface area contributed by atoms with E-state index in [2.05, 4.69) is 41.6 Å². The number of nitrogens with one attached hydrogen (secondary N) is 1. The molecule has 0 fully saturated rings. The van der Waals surface area contributed by atoms with E-state index in [-0.39, 0.29) is 18.7 Å². The molecular weight excluding hydrogens is 390 g/mol. The normalized spacial score (nSPS) is 13.5. The first kappa shape index (κ1) is 20.7. The van der Waals surface area contributed by atoms with Crippen LogP contribution in [0.3, 0.4) is 0 Å². The van der Waals surface area contributed by atoms with E-state index in [4.69, 9.17) is 9.47 Å². The molecule has 0 spiro atoms. The Morgan fingerprint density at radius 1 is 1.13 bits per heavy atom. The second-order valence-corrected chi connectivity index (χ2v) is 7.90. The van der Waals surface area contributed by atoms with E-state index in [0.29, 0.717) is 12.3 Å². The SMILES string of the molecule is Cc1ccc(Cn2nc(C)c(/C=C/C(=O)NC(C)c3ccc4c(c3)OCO4)c2C)cc1. The molecule has 1 aliphatic rings. The first-order chi connectivity index (χ1) is 14.9. The van der Waals surface area contributed by atoms with Crippen molar-refractivity contribution >= 4 is 12.0 Å². The van der Waals surface area contributed by atoms with E-state index < -0.39 is 0 Å². The van der Waals surface area contributed by atoms with E-state index in [9.17, 15) is 4.79 Å². The molecule has 1 unspecified atom stereocenters. The Balaban J connectivity index is 1.42. The smallest absolute Gasteiger partial charge is 0.244 e. The van der Waals surface area contributed by atoms with Crippen LogP contribution in [0.2, 0.25) is 0 Å². The molecule has 6 heteroatoms. The van der Waals surface area contributed by atoms with Crippen LogP contribution in [0, 0.1) is 20.8 Å². The molecule has 4 rings (SSSR count). The lowest BCUT2D eigenvalue weighted by Crippen LogP contribution is -2.24. The quantitative estimate of drug-likeness (QED) is 0.601. The summed E-state index contributed by atoms with van der Waals surface area (Å²) in [6, 6.07) is 14.0. The largest absolute Gasteiger partial charge is 0.454 e. The Labute approximate surface area is 182 Å². The van der Waals surface area contributed by atoms with Crippen LogP contribution in [0.5, 0.6) is 11.5 Å². The van der Waals surface area contributed by atoms with E-state index >= 15 is 0 Å². The van der Waals surface area contributed by atoms with Gasteiger partial charge >= 0.3 is 0 Å². The number of carbonyl (C=O) groups is 1. The maximum absolute atomic E-state index is 12.5. The molecule has 0 saturated carbocycles. The summed E-state index contributed by atoms with van der Waals surface area (Å²) in [5.41, 5.74) is 6.30. The van der Waals surface area contributed by atoms with Crippen LogP contribution in [0.4, 0.5) is 0 Å². The number of amides is 1. The zero-order chi connectivity index (χ0) is 22.0. The van der Waals surface area contributed by atoms with Crippen molar-refractivity contribution in [1.29, 1.82) is 0 Å². The van der Waals surface area contributed by atoms with E-state index in [1.165, 1.54) is 11.1 Å². The predicted octanol–water partition coefficient (Wildman–Crippen LogP) is 4.48. The van der Waals surface area contributed by atoms with Gasteiger partial charge in [0.15, 0.2) is 11.5 Å². The van der Waals surface area contributed by atoms with Crippen molar-refractivity contribution in [3.63, 3.8) is 0 Å².